The Hall–Kier alpha value is -1.42. The molecule has 0 saturated heterocycles. The Morgan fingerprint density at radius 3 is 2.23 bits per heavy atom. The van der Waals surface area contributed by atoms with E-state index in [0.29, 0.717) is 6.54 Å². The van der Waals surface area contributed by atoms with E-state index in [1.165, 1.54) is 16.7 Å². The molecule has 0 atom stereocenters. The van der Waals surface area contributed by atoms with Crippen molar-refractivity contribution in [3.63, 3.8) is 0 Å². The lowest BCUT2D eigenvalue weighted by Gasteiger charge is -2.09. The number of hydrogen-bond acceptors (Lipinski definition) is 1. The summed E-state index contributed by atoms with van der Waals surface area (Å²) >= 11 is 0. The summed E-state index contributed by atoms with van der Waals surface area (Å²) < 4.78 is 0. The first kappa shape index (κ1) is 9.67. The molecule has 1 N–H and O–H groups in total. The van der Waals surface area contributed by atoms with Crippen molar-refractivity contribution in [1.82, 2.24) is 0 Å². The van der Waals surface area contributed by atoms with Gasteiger partial charge in [0.05, 0.1) is 6.54 Å². The molecule has 0 unspecified atom stereocenters. The average Bonchev–Trinajstić information content (AvgIpc) is 2.10. The molecule has 1 nitrogen and oxygen atoms in total. The van der Waals surface area contributed by atoms with Crippen molar-refractivity contribution in [3.05, 3.63) is 28.8 Å². The van der Waals surface area contributed by atoms with Gasteiger partial charge in [-0.1, -0.05) is 5.92 Å². The first-order valence-electron chi connectivity index (χ1n) is 4.40. The normalized spacial score (nSPS) is 9.38. The van der Waals surface area contributed by atoms with Gasteiger partial charge in [-0.25, -0.2) is 0 Å². The standard InChI is InChI=1S/C12H15N/c1-5-6-13-12-7-9(2)11(4)10(3)8-12/h1,7-8,13H,6H2,2-4H3. The van der Waals surface area contributed by atoms with Crippen LogP contribution in [-0.2, 0) is 0 Å². The molecule has 68 valence electrons. The maximum Gasteiger partial charge on any atom is 0.0763 e. The molecule has 0 radical (unpaired) electrons. The highest BCUT2D eigenvalue weighted by molar-refractivity contribution is 5.52. The Morgan fingerprint density at radius 2 is 1.77 bits per heavy atom. The fourth-order valence-electron chi connectivity index (χ4n) is 1.29. The van der Waals surface area contributed by atoms with E-state index in [2.05, 4.69) is 44.1 Å². The molecule has 1 aromatic carbocycles. The van der Waals surface area contributed by atoms with Gasteiger partial charge in [-0.15, -0.1) is 6.42 Å². The molecule has 0 spiro atoms. The fourth-order valence-corrected chi connectivity index (χ4v) is 1.29. The minimum atomic E-state index is 0.585. The highest BCUT2D eigenvalue weighted by Crippen LogP contribution is 2.18. The van der Waals surface area contributed by atoms with Gasteiger partial charge < -0.3 is 5.32 Å². The van der Waals surface area contributed by atoms with Crippen molar-refractivity contribution in [3.8, 4) is 12.3 Å². The minimum Gasteiger partial charge on any atom is -0.374 e. The van der Waals surface area contributed by atoms with Crippen molar-refractivity contribution < 1.29 is 0 Å². The highest BCUT2D eigenvalue weighted by Gasteiger charge is 1.99. The molecule has 0 fully saturated rings. The zero-order valence-corrected chi connectivity index (χ0v) is 8.44. The topological polar surface area (TPSA) is 12.0 Å². The summed E-state index contributed by atoms with van der Waals surface area (Å²) in [6.45, 7) is 6.95. The number of benzene rings is 1. The van der Waals surface area contributed by atoms with Crippen LogP contribution in [0, 0.1) is 33.1 Å². The van der Waals surface area contributed by atoms with Gasteiger partial charge >= 0.3 is 0 Å². The molecule has 13 heavy (non-hydrogen) atoms. The van der Waals surface area contributed by atoms with Crippen molar-refractivity contribution in [2.45, 2.75) is 20.8 Å². The number of terminal acetylenes is 1. The van der Waals surface area contributed by atoms with Crippen LogP contribution in [0.25, 0.3) is 0 Å². The van der Waals surface area contributed by atoms with E-state index in [1.54, 1.807) is 0 Å². The van der Waals surface area contributed by atoms with E-state index in [-0.39, 0.29) is 0 Å². The van der Waals surface area contributed by atoms with Crippen LogP contribution in [0.5, 0.6) is 0 Å². The summed E-state index contributed by atoms with van der Waals surface area (Å²) in [5.41, 5.74) is 5.07. The Bertz CT molecular complexity index is 322. The lowest BCUT2D eigenvalue weighted by atomic mass is 10.0. The Morgan fingerprint density at radius 1 is 1.23 bits per heavy atom. The lowest BCUT2D eigenvalue weighted by molar-refractivity contribution is 1.25. The predicted octanol–water partition coefficient (Wildman–Crippen LogP) is 2.66. The Kier molecular flexibility index (Phi) is 2.97. The molecule has 0 aliphatic heterocycles. The number of anilines is 1. The van der Waals surface area contributed by atoms with E-state index in [9.17, 15) is 0 Å². The van der Waals surface area contributed by atoms with Crippen molar-refractivity contribution in [2.75, 3.05) is 11.9 Å². The second-order valence-corrected chi connectivity index (χ2v) is 3.29. The summed E-state index contributed by atoms with van der Waals surface area (Å²) in [4.78, 5) is 0. The number of rotatable bonds is 2. The van der Waals surface area contributed by atoms with Gasteiger partial charge in [0.15, 0.2) is 0 Å². The summed E-state index contributed by atoms with van der Waals surface area (Å²) in [7, 11) is 0. The van der Waals surface area contributed by atoms with Gasteiger partial charge in [0.2, 0.25) is 0 Å². The molecule has 0 heterocycles. The minimum absolute atomic E-state index is 0.585. The van der Waals surface area contributed by atoms with E-state index in [4.69, 9.17) is 6.42 Å². The van der Waals surface area contributed by atoms with Crippen LogP contribution >= 0.6 is 0 Å². The van der Waals surface area contributed by atoms with E-state index >= 15 is 0 Å². The quantitative estimate of drug-likeness (QED) is 0.678. The molecular weight excluding hydrogens is 158 g/mol. The maximum absolute atomic E-state index is 5.17. The fraction of sp³-hybridized carbons (Fsp3) is 0.333. The first-order valence-corrected chi connectivity index (χ1v) is 4.40. The second kappa shape index (κ2) is 4.00. The maximum atomic E-state index is 5.17. The van der Waals surface area contributed by atoms with Crippen LogP contribution in [0.3, 0.4) is 0 Å². The number of nitrogens with one attached hydrogen (secondary N) is 1. The van der Waals surface area contributed by atoms with Crippen molar-refractivity contribution in [1.29, 1.82) is 0 Å². The molecular formula is C12H15N. The van der Waals surface area contributed by atoms with Crippen LogP contribution in [0.2, 0.25) is 0 Å². The van der Waals surface area contributed by atoms with E-state index in [1.807, 2.05) is 0 Å². The van der Waals surface area contributed by atoms with Crippen LogP contribution in [0.4, 0.5) is 5.69 Å². The molecule has 0 bridgehead atoms. The molecule has 0 aliphatic rings. The Balaban J connectivity index is 2.94. The molecule has 0 amide bonds. The van der Waals surface area contributed by atoms with E-state index < -0.39 is 0 Å². The monoisotopic (exact) mass is 173 g/mol. The molecule has 0 saturated carbocycles. The Labute approximate surface area is 80.2 Å². The zero-order valence-electron chi connectivity index (χ0n) is 8.44. The van der Waals surface area contributed by atoms with Crippen LogP contribution in [0.1, 0.15) is 16.7 Å². The third-order valence-electron chi connectivity index (χ3n) is 2.32. The average molecular weight is 173 g/mol. The highest BCUT2D eigenvalue weighted by atomic mass is 14.8. The largest absolute Gasteiger partial charge is 0.374 e. The molecule has 1 rings (SSSR count). The van der Waals surface area contributed by atoms with Gasteiger partial charge in [0.25, 0.3) is 0 Å². The van der Waals surface area contributed by atoms with Crippen LogP contribution in [-0.4, -0.2) is 6.54 Å². The molecule has 1 heteroatoms. The second-order valence-electron chi connectivity index (χ2n) is 3.29. The number of aryl methyl sites for hydroxylation is 2. The summed E-state index contributed by atoms with van der Waals surface area (Å²) in [5, 5.41) is 3.17. The lowest BCUT2D eigenvalue weighted by Crippen LogP contribution is -2.00. The molecule has 0 aromatic heterocycles. The van der Waals surface area contributed by atoms with Crippen molar-refractivity contribution in [2.24, 2.45) is 0 Å². The first-order chi connectivity index (χ1) is 6.15. The van der Waals surface area contributed by atoms with Gasteiger partial charge in [-0.3, -0.25) is 0 Å². The summed E-state index contributed by atoms with van der Waals surface area (Å²) in [5.74, 6) is 2.56. The van der Waals surface area contributed by atoms with Crippen LogP contribution < -0.4 is 5.32 Å². The van der Waals surface area contributed by atoms with Gasteiger partial charge in [0.1, 0.15) is 0 Å². The summed E-state index contributed by atoms with van der Waals surface area (Å²) in [6, 6.07) is 4.25. The van der Waals surface area contributed by atoms with Gasteiger partial charge in [-0.05, 0) is 49.6 Å². The zero-order chi connectivity index (χ0) is 9.84. The van der Waals surface area contributed by atoms with Crippen molar-refractivity contribution >= 4 is 5.69 Å². The SMILES string of the molecule is C#CCNc1cc(C)c(C)c(C)c1. The third kappa shape index (κ3) is 2.26. The van der Waals surface area contributed by atoms with Gasteiger partial charge in [0, 0.05) is 5.69 Å². The molecule has 1 aromatic rings. The third-order valence-corrected chi connectivity index (χ3v) is 2.32. The predicted molar refractivity (Wildman–Crippen MR) is 58.0 cm³/mol. The van der Waals surface area contributed by atoms with Crippen LogP contribution in [0.15, 0.2) is 12.1 Å². The molecule has 0 aliphatic carbocycles. The summed E-state index contributed by atoms with van der Waals surface area (Å²) in [6.07, 6.45) is 5.17. The smallest absolute Gasteiger partial charge is 0.0763 e. The van der Waals surface area contributed by atoms with Gasteiger partial charge in [-0.2, -0.15) is 0 Å². The number of hydrogen-bond donors (Lipinski definition) is 1. The van der Waals surface area contributed by atoms with E-state index in [0.717, 1.165) is 5.69 Å².